The van der Waals surface area contributed by atoms with Crippen LogP contribution in [0.25, 0.3) is 0 Å². The molecular weight excluding hydrogens is 321 g/mol. The maximum Gasteiger partial charge on any atom is 0.232 e. The lowest BCUT2D eigenvalue weighted by Gasteiger charge is -2.24. The summed E-state index contributed by atoms with van der Waals surface area (Å²) in [5.74, 6) is -1.47. The van der Waals surface area contributed by atoms with Gasteiger partial charge in [0, 0.05) is 31.4 Å². The fourth-order valence-corrected chi connectivity index (χ4v) is 3.30. The van der Waals surface area contributed by atoms with Crippen molar-refractivity contribution in [1.29, 1.82) is 0 Å². The maximum absolute atomic E-state index is 13.8. The van der Waals surface area contributed by atoms with Gasteiger partial charge in [0.05, 0.1) is 11.6 Å². The molecule has 128 valence electrons. The first kappa shape index (κ1) is 15.7. The van der Waals surface area contributed by atoms with Crippen LogP contribution in [0.1, 0.15) is 36.3 Å². The fraction of sp³-hybridized carbons (Fsp3) is 0.316. The number of hydrogen-bond acceptors (Lipinski definition) is 3. The molecular formula is C19H18FN3O2. The lowest BCUT2D eigenvalue weighted by atomic mass is 9.96. The van der Waals surface area contributed by atoms with E-state index in [1.165, 1.54) is 6.07 Å². The number of halogens is 1. The van der Waals surface area contributed by atoms with Crippen molar-refractivity contribution in [3.8, 4) is 0 Å². The first-order chi connectivity index (χ1) is 12.1. The highest BCUT2D eigenvalue weighted by atomic mass is 19.1. The predicted molar refractivity (Wildman–Crippen MR) is 90.2 cm³/mol. The number of anilines is 1. The molecule has 6 heteroatoms. The summed E-state index contributed by atoms with van der Waals surface area (Å²) in [5, 5.41) is 2.56. The van der Waals surface area contributed by atoms with E-state index in [1.54, 1.807) is 24.5 Å². The largest absolute Gasteiger partial charge is 0.335 e. The average molecular weight is 339 g/mol. The minimum Gasteiger partial charge on any atom is -0.335 e. The van der Waals surface area contributed by atoms with Gasteiger partial charge in [-0.15, -0.1) is 0 Å². The Morgan fingerprint density at radius 3 is 2.72 bits per heavy atom. The minimum absolute atomic E-state index is 0.0594. The molecule has 1 aliphatic carbocycles. The van der Waals surface area contributed by atoms with E-state index in [2.05, 4.69) is 10.3 Å². The molecule has 0 bridgehead atoms. The number of nitrogens with one attached hydrogen (secondary N) is 1. The van der Waals surface area contributed by atoms with E-state index in [-0.39, 0.29) is 30.0 Å². The molecule has 1 aliphatic heterocycles. The van der Waals surface area contributed by atoms with Gasteiger partial charge in [-0.1, -0.05) is 12.1 Å². The molecule has 1 aromatic carbocycles. The van der Waals surface area contributed by atoms with Gasteiger partial charge in [-0.05, 0) is 42.2 Å². The molecule has 0 saturated heterocycles. The predicted octanol–water partition coefficient (Wildman–Crippen LogP) is 2.84. The number of para-hydroxylation sites is 1. The zero-order valence-corrected chi connectivity index (χ0v) is 13.6. The van der Waals surface area contributed by atoms with E-state index in [1.807, 2.05) is 17.0 Å². The summed E-state index contributed by atoms with van der Waals surface area (Å²) in [5.41, 5.74) is 1.79. The summed E-state index contributed by atoms with van der Waals surface area (Å²) in [6.45, 7) is 0.510. The Labute approximate surface area is 144 Å². The second-order valence-electron chi connectivity index (χ2n) is 6.56. The van der Waals surface area contributed by atoms with Gasteiger partial charge >= 0.3 is 0 Å². The maximum atomic E-state index is 13.8. The van der Waals surface area contributed by atoms with Crippen LogP contribution in [0.2, 0.25) is 0 Å². The van der Waals surface area contributed by atoms with Crippen LogP contribution >= 0.6 is 0 Å². The van der Waals surface area contributed by atoms with Crippen LogP contribution < -0.4 is 5.32 Å². The van der Waals surface area contributed by atoms with E-state index in [0.29, 0.717) is 12.1 Å². The summed E-state index contributed by atoms with van der Waals surface area (Å²) < 4.78 is 13.8. The first-order valence-electron chi connectivity index (χ1n) is 8.41. The third kappa shape index (κ3) is 3.12. The number of hydrogen-bond donors (Lipinski definition) is 1. The smallest absolute Gasteiger partial charge is 0.232 e. The Hall–Kier alpha value is -2.76. The summed E-state index contributed by atoms with van der Waals surface area (Å²) >= 11 is 0. The van der Waals surface area contributed by atoms with Gasteiger partial charge < -0.3 is 10.2 Å². The number of nitrogens with zero attached hydrogens (tertiary/aromatic N) is 2. The number of carbonyl (C=O) groups excluding carboxylic acids is 2. The molecule has 1 N–H and O–H groups in total. The summed E-state index contributed by atoms with van der Waals surface area (Å²) in [4.78, 5) is 30.9. The molecule has 4 rings (SSSR count). The van der Waals surface area contributed by atoms with Gasteiger partial charge in [0.1, 0.15) is 5.82 Å². The second-order valence-corrected chi connectivity index (χ2v) is 6.56. The highest BCUT2D eigenvalue weighted by molar-refractivity contribution is 6.05. The number of benzene rings is 1. The molecule has 1 saturated carbocycles. The molecule has 25 heavy (non-hydrogen) atoms. The van der Waals surface area contributed by atoms with Crippen molar-refractivity contribution in [2.24, 2.45) is 0 Å². The van der Waals surface area contributed by atoms with E-state index in [4.69, 9.17) is 0 Å². The molecule has 1 aromatic heterocycles. The average Bonchev–Trinajstić information content (AvgIpc) is 3.40. The lowest BCUT2D eigenvalue weighted by Crippen LogP contribution is -2.34. The lowest BCUT2D eigenvalue weighted by molar-refractivity contribution is -0.134. The van der Waals surface area contributed by atoms with Crippen molar-refractivity contribution in [1.82, 2.24) is 9.88 Å². The van der Waals surface area contributed by atoms with Gasteiger partial charge in [0.15, 0.2) is 0 Å². The van der Waals surface area contributed by atoms with Crippen molar-refractivity contribution in [3.63, 3.8) is 0 Å². The summed E-state index contributed by atoms with van der Waals surface area (Å²) in [6.07, 6.45) is 5.43. The number of carbonyl (C=O) groups is 2. The van der Waals surface area contributed by atoms with Crippen molar-refractivity contribution < 1.29 is 14.0 Å². The number of pyridine rings is 1. The molecule has 2 aliphatic rings. The van der Waals surface area contributed by atoms with E-state index < -0.39 is 11.7 Å². The topological polar surface area (TPSA) is 62.3 Å². The Morgan fingerprint density at radius 2 is 2.00 bits per heavy atom. The molecule has 2 heterocycles. The van der Waals surface area contributed by atoms with E-state index >= 15 is 0 Å². The summed E-state index contributed by atoms with van der Waals surface area (Å²) in [6, 6.07) is 8.59. The van der Waals surface area contributed by atoms with Gasteiger partial charge in [0.2, 0.25) is 11.8 Å². The van der Waals surface area contributed by atoms with Crippen LogP contribution in [-0.4, -0.2) is 27.7 Å². The molecule has 0 radical (unpaired) electrons. The quantitative estimate of drug-likeness (QED) is 0.911. The van der Waals surface area contributed by atoms with Gasteiger partial charge in [0.25, 0.3) is 0 Å². The molecule has 0 spiro atoms. The Bertz CT molecular complexity index is 821. The minimum atomic E-state index is -0.628. The zero-order valence-electron chi connectivity index (χ0n) is 13.6. The van der Waals surface area contributed by atoms with Crippen molar-refractivity contribution in [2.75, 3.05) is 5.32 Å². The number of rotatable bonds is 5. The molecule has 1 fully saturated rings. The van der Waals surface area contributed by atoms with E-state index in [0.717, 1.165) is 18.4 Å². The second kappa shape index (κ2) is 6.27. The van der Waals surface area contributed by atoms with Crippen molar-refractivity contribution in [3.05, 3.63) is 59.7 Å². The number of aromatic nitrogens is 1. The van der Waals surface area contributed by atoms with Gasteiger partial charge in [-0.25, -0.2) is 4.39 Å². The van der Waals surface area contributed by atoms with Crippen LogP contribution in [0.5, 0.6) is 0 Å². The van der Waals surface area contributed by atoms with Crippen LogP contribution in [0, 0.1) is 5.82 Å². The molecule has 2 aromatic rings. The Morgan fingerprint density at radius 1 is 1.24 bits per heavy atom. The van der Waals surface area contributed by atoms with Crippen LogP contribution in [0.4, 0.5) is 10.1 Å². The Balaban J connectivity index is 1.53. The molecule has 1 atom stereocenters. The van der Waals surface area contributed by atoms with Gasteiger partial charge in [-0.3, -0.25) is 14.6 Å². The molecule has 2 amide bonds. The highest BCUT2D eigenvalue weighted by Gasteiger charge is 2.38. The first-order valence-corrected chi connectivity index (χ1v) is 8.41. The SMILES string of the molecule is O=C1Nc2c(F)cccc2[C@@H]1CC(=O)N(Cc1ccncc1)C1CC1. The third-order valence-electron chi connectivity index (χ3n) is 4.77. The number of fused-ring (bicyclic) bond motifs is 1. The monoisotopic (exact) mass is 339 g/mol. The van der Waals surface area contributed by atoms with E-state index in [9.17, 15) is 14.0 Å². The molecule has 5 nitrogen and oxygen atoms in total. The van der Waals surface area contributed by atoms with Crippen molar-refractivity contribution >= 4 is 17.5 Å². The van der Waals surface area contributed by atoms with Crippen LogP contribution in [0.3, 0.4) is 0 Å². The van der Waals surface area contributed by atoms with Crippen LogP contribution in [0.15, 0.2) is 42.7 Å². The standard InChI is InChI=1S/C19H18FN3O2/c20-16-3-1-2-14-15(19(25)22-18(14)16)10-17(24)23(13-4-5-13)11-12-6-8-21-9-7-12/h1-3,6-9,13,15H,4-5,10-11H2,(H,22,25)/t15-/m0/s1. The summed E-state index contributed by atoms with van der Waals surface area (Å²) in [7, 11) is 0. The highest BCUT2D eigenvalue weighted by Crippen LogP contribution is 2.38. The zero-order chi connectivity index (χ0) is 17.4. The fourth-order valence-electron chi connectivity index (χ4n) is 3.30. The van der Waals surface area contributed by atoms with Gasteiger partial charge in [-0.2, -0.15) is 0 Å². The third-order valence-corrected chi connectivity index (χ3v) is 4.77. The molecule has 0 unspecified atom stereocenters. The normalized spacial score (nSPS) is 18.6. The van der Waals surface area contributed by atoms with Crippen LogP contribution in [-0.2, 0) is 16.1 Å². The van der Waals surface area contributed by atoms with Crippen molar-refractivity contribution in [2.45, 2.75) is 37.8 Å². The Kier molecular flexibility index (Phi) is 3.95. The number of amides is 2.